The zero-order valence-corrected chi connectivity index (χ0v) is 11.1. The molecule has 1 aromatic rings. The maximum atomic E-state index is 11.8. The van der Waals surface area contributed by atoms with Crippen molar-refractivity contribution in [3.05, 3.63) is 28.7 Å². The summed E-state index contributed by atoms with van der Waals surface area (Å²) in [5.41, 5.74) is -0.460. The van der Waals surface area contributed by atoms with Crippen LogP contribution in [0.2, 0.25) is 0 Å². The van der Waals surface area contributed by atoms with Gasteiger partial charge in [0.25, 0.3) is 0 Å². The van der Waals surface area contributed by atoms with Crippen LogP contribution in [-0.4, -0.2) is 19.9 Å². The Bertz CT molecular complexity index is 526. The van der Waals surface area contributed by atoms with Crippen LogP contribution in [0.1, 0.15) is 27.2 Å². The number of H-pyrrole nitrogens is 1. The van der Waals surface area contributed by atoms with E-state index in [0.29, 0.717) is 13.0 Å². The lowest BCUT2D eigenvalue weighted by Crippen LogP contribution is -2.30. The van der Waals surface area contributed by atoms with Gasteiger partial charge in [0.2, 0.25) is 15.5 Å². The van der Waals surface area contributed by atoms with Crippen LogP contribution in [-0.2, 0) is 10.0 Å². The molecule has 2 N–H and O–H groups in total. The number of nitrogens with one attached hydrogen (secondary N) is 2. The second-order valence-corrected chi connectivity index (χ2v) is 6.82. The van der Waals surface area contributed by atoms with Crippen LogP contribution in [0.25, 0.3) is 0 Å². The first-order valence-corrected chi connectivity index (χ1v) is 6.87. The highest BCUT2D eigenvalue weighted by molar-refractivity contribution is 7.89. The molecule has 6 heteroatoms. The van der Waals surface area contributed by atoms with Crippen molar-refractivity contribution in [2.24, 2.45) is 5.41 Å². The third kappa shape index (κ3) is 4.32. The Hall–Kier alpha value is -1.14. The average Bonchev–Trinajstić information content (AvgIpc) is 2.15. The van der Waals surface area contributed by atoms with E-state index in [2.05, 4.69) is 9.71 Å². The first kappa shape index (κ1) is 13.9. The SMILES string of the molecule is CC(C)(C)CCNS(=O)(=O)c1c[nH]ccc1=O. The van der Waals surface area contributed by atoms with Gasteiger partial charge in [-0.3, -0.25) is 4.79 Å². The van der Waals surface area contributed by atoms with Gasteiger partial charge in [0.05, 0.1) is 0 Å². The normalized spacial score (nSPS) is 12.6. The molecule has 1 rings (SSSR count). The predicted octanol–water partition coefficient (Wildman–Crippen LogP) is 1.09. The molecule has 5 nitrogen and oxygen atoms in total. The number of hydrogen-bond donors (Lipinski definition) is 2. The molecule has 0 atom stereocenters. The molecule has 0 aliphatic carbocycles. The molecule has 1 heterocycles. The van der Waals surface area contributed by atoms with Crippen molar-refractivity contribution >= 4 is 10.0 Å². The Labute approximate surface area is 101 Å². The number of hydrogen-bond acceptors (Lipinski definition) is 3. The lowest BCUT2D eigenvalue weighted by molar-refractivity contribution is 0.378. The number of sulfonamides is 1. The average molecular weight is 258 g/mol. The molecule has 1 aromatic heterocycles. The lowest BCUT2D eigenvalue weighted by atomic mass is 9.93. The minimum absolute atomic E-state index is 0.0472. The summed E-state index contributed by atoms with van der Waals surface area (Å²) in [6.45, 7) is 6.39. The van der Waals surface area contributed by atoms with Gasteiger partial charge >= 0.3 is 0 Å². The summed E-state index contributed by atoms with van der Waals surface area (Å²) in [7, 11) is -3.71. The van der Waals surface area contributed by atoms with Gasteiger partial charge in [-0.25, -0.2) is 13.1 Å². The molecule has 0 radical (unpaired) electrons. The third-order valence-electron chi connectivity index (χ3n) is 2.24. The van der Waals surface area contributed by atoms with Crippen LogP contribution in [0, 0.1) is 5.41 Å². The zero-order chi connectivity index (χ0) is 13.1. The van der Waals surface area contributed by atoms with Crippen LogP contribution in [0.3, 0.4) is 0 Å². The van der Waals surface area contributed by atoms with Crippen LogP contribution in [0.5, 0.6) is 0 Å². The molecule has 0 spiro atoms. The summed E-state index contributed by atoms with van der Waals surface area (Å²) in [4.78, 5) is 13.7. The van der Waals surface area contributed by atoms with Crippen LogP contribution in [0.15, 0.2) is 28.2 Å². The monoisotopic (exact) mass is 258 g/mol. The van der Waals surface area contributed by atoms with E-state index in [0.717, 1.165) is 0 Å². The molecule has 0 unspecified atom stereocenters. The van der Waals surface area contributed by atoms with Crippen LogP contribution >= 0.6 is 0 Å². The van der Waals surface area contributed by atoms with Gasteiger partial charge in [0, 0.05) is 25.0 Å². The molecule has 0 saturated carbocycles. The highest BCUT2D eigenvalue weighted by Gasteiger charge is 2.18. The van der Waals surface area contributed by atoms with E-state index in [1.54, 1.807) is 0 Å². The fourth-order valence-corrected chi connectivity index (χ4v) is 2.33. The molecule has 0 saturated heterocycles. The molecule has 0 aromatic carbocycles. The van der Waals surface area contributed by atoms with E-state index < -0.39 is 15.5 Å². The van der Waals surface area contributed by atoms with E-state index >= 15 is 0 Å². The van der Waals surface area contributed by atoms with Gasteiger partial charge < -0.3 is 4.98 Å². The van der Waals surface area contributed by atoms with Crippen molar-refractivity contribution in [1.82, 2.24) is 9.71 Å². The smallest absolute Gasteiger partial charge is 0.245 e. The molecular weight excluding hydrogens is 240 g/mol. The summed E-state index contributed by atoms with van der Waals surface area (Å²) in [5.74, 6) is 0. The molecule has 0 amide bonds. The van der Waals surface area contributed by atoms with Crippen molar-refractivity contribution in [2.75, 3.05) is 6.54 Å². The highest BCUT2D eigenvalue weighted by atomic mass is 32.2. The highest BCUT2D eigenvalue weighted by Crippen LogP contribution is 2.17. The maximum absolute atomic E-state index is 11.8. The lowest BCUT2D eigenvalue weighted by Gasteiger charge is -2.17. The summed E-state index contributed by atoms with van der Waals surface area (Å²) in [6.07, 6.45) is 3.30. The minimum atomic E-state index is -3.71. The molecule has 0 bridgehead atoms. The Morgan fingerprint density at radius 2 is 2.00 bits per heavy atom. The molecule has 0 aliphatic rings. The molecule has 0 aliphatic heterocycles. The standard InChI is InChI=1S/C11H18N2O3S/c1-11(2,3)5-7-13-17(15,16)10-8-12-6-4-9(10)14/h4,6,8,13H,5,7H2,1-3H3,(H,12,14). The van der Waals surface area contributed by atoms with Crippen LogP contribution < -0.4 is 10.2 Å². The van der Waals surface area contributed by atoms with Crippen molar-refractivity contribution in [1.29, 1.82) is 0 Å². The largest absolute Gasteiger partial charge is 0.366 e. The first-order chi connectivity index (χ1) is 7.72. The number of aromatic amines is 1. The summed E-state index contributed by atoms with van der Waals surface area (Å²) in [5, 5.41) is 0. The van der Waals surface area contributed by atoms with Crippen LogP contribution in [0.4, 0.5) is 0 Å². The fraction of sp³-hybridized carbons (Fsp3) is 0.545. The van der Waals surface area contributed by atoms with Gasteiger partial charge in [-0.1, -0.05) is 20.8 Å². The van der Waals surface area contributed by atoms with E-state index in [4.69, 9.17) is 0 Å². The molecule has 96 valence electrons. The molecular formula is C11H18N2O3S. The van der Waals surface area contributed by atoms with E-state index in [1.165, 1.54) is 18.5 Å². The van der Waals surface area contributed by atoms with Gasteiger partial charge in [0.15, 0.2) is 0 Å². The second kappa shape index (κ2) is 5.01. The topological polar surface area (TPSA) is 79.0 Å². The maximum Gasteiger partial charge on any atom is 0.245 e. The van der Waals surface area contributed by atoms with Crippen molar-refractivity contribution in [2.45, 2.75) is 32.1 Å². The molecule has 17 heavy (non-hydrogen) atoms. The van der Waals surface area contributed by atoms with Gasteiger partial charge in [-0.15, -0.1) is 0 Å². The van der Waals surface area contributed by atoms with Gasteiger partial charge in [-0.05, 0) is 11.8 Å². The van der Waals surface area contributed by atoms with E-state index in [9.17, 15) is 13.2 Å². The summed E-state index contributed by atoms with van der Waals surface area (Å²) in [6, 6.07) is 1.19. The van der Waals surface area contributed by atoms with Gasteiger partial charge in [0.1, 0.15) is 4.90 Å². The third-order valence-corrected chi connectivity index (χ3v) is 3.73. The van der Waals surface area contributed by atoms with Crippen molar-refractivity contribution in [3.63, 3.8) is 0 Å². The first-order valence-electron chi connectivity index (χ1n) is 5.39. The molecule has 0 fully saturated rings. The van der Waals surface area contributed by atoms with E-state index in [1.807, 2.05) is 20.8 Å². The predicted molar refractivity (Wildman–Crippen MR) is 66.3 cm³/mol. The van der Waals surface area contributed by atoms with Crippen molar-refractivity contribution < 1.29 is 8.42 Å². The van der Waals surface area contributed by atoms with Crippen molar-refractivity contribution in [3.8, 4) is 0 Å². The second-order valence-electron chi connectivity index (χ2n) is 5.08. The Kier molecular flexibility index (Phi) is 4.11. The number of aromatic nitrogens is 1. The summed E-state index contributed by atoms with van der Waals surface area (Å²) < 4.78 is 26.0. The Morgan fingerprint density at radius 3 is 2.53 bits per heavy atom. The quantitative estimate of drug-likeness (QED) is 0.848. The number of rotatable bonds is 4. The Morgan fingerprint density at radius 1 is 1.35 bits per heavy atom. The zero-order valence-electron chi connectivity index (χ0n) is 10.3. The fourth-order valence-electron chi connectivity index (χ4n) is 1.25. The minimum Gasteiger partial charge on any atom is -0.366 e. The van der Waals surface area contributed by atoms with Gasteiger partial charge in [-0.2, -0.15) is 0 Å². The Balaban J connectivity index is 2.78. The van der Waals surface area contributed by atoms with E-state index in [-0.39, 0.29) is 10.3 Å². The number of pyridine rings is 1. The summed E-state index contributed by atoms with van der Waals surface area (Å²) >= 11 is 0.